The van der Waals surface area contributed by atoms with Crippen LogP contribution in [-0.4, -0.2) is 19.1 Å². The van der Waals surface area contributed by atoms with Crippen LogP contribution in [0.3, 0.4) is 0 Å². The summed E-state index contributed by atoms with van der Waals surface area (Å²) in [6.45, 7) is 2.13. The number of rotatable bonds is 4. The van der Waals surface area contributed by atoms with Crippen LogP contribution < -0.4 is 0 Å². The molecule has 0 aliphatic rings. The lowest BCUT2D eigenvalue weighted by Gasteiger charge is -2.12. The first-order valence-corrected chi connectivity index (χ1v) is 16.7. The van der Waals surface area contributed by atoms with Gasteiger partial charge in [0.1, 0.15) is 0 Å². The second-order valence-corrected chi connectivity index (χ2v) is 12.7. The molecule has 0 spiro atoms. The average Bonchev–Trinajstić information content (AvgIpc) is 3.68. The molecule has 49 heavy (non-hydrogen) atoms. The van der Waals surface area contributed by atoms with Crippen molar-refractivity contribution in [2.24, 2.45) is 0 Å². The van der Waals surface area contributed by atoms with E-state index in [1.54, 1.807) is 0 Å². The largest absolute Gasteiger partial charge is 0.309 e. The summed E-state index contributed by atoms with van der Waals surface area (Å²) in [5, 5.41) is 5.88. The van der Waals surface area contributed by atoms with Crippen LogP contribution in [0.25, 0.3) is 88.5 Å². The topological polar surface area (TPSA) is 35.6 Å². The van der Waals surface area contributed by atoms with Gasteiger partial charge < -0.3 is 4.57 Å². The maximum Gasteiger partial charge on any atom is 0.235 e. The molecule has 4 heteroatoms. The zero-order chi connectivity index (χ0) is 32.5. The van der Waals surface area contributed by atoms with E-state index in [0.29, 0.717) is 5.95 Å². The minimum Gasteiger partial charge on any atom is -0.309 e. The maximum atomic E-state index is 5.37. The Kier molecular flexibility index (Phi) is 6.06. The van der Waals surface area contributed by atoms with Crippen LogP contribution in [0.2, 0.25) is 0 Å². The van der Waals surface area contributed by atoms with Crippen LogP contribution in [-0.2, 0) is 0 Å². The van der Waals surface area contributed by atoms with Crippen molar-refractivity contribution in [1.29, 1.82) is 0 Å². The smallest absolute Gasteiger partial charge is 0.235 e. The Balaban J connectivity index is 1.26. The Morgan fingerprint density at radius 3 is 1.61 bits per heavy atom. The predicted octanol–water partition coefficient (Wildman–Crippen LogP) is 11.5. The number of benzene rings is 7. The van der Waals surface area contributed by atoms with Gasteiger partial charge in [-0.05, 0) is 60.5 Å². The number of aromatic nitrogens is 4. The van der Waals surface area contributed by atoms with Gasteiger partial charge in [-0.25, -0.2) is 9.97 Å². The number of para-hydroxylation sites is 3. The Bertz CT molecular complexity index is 2860. The van der Waals surface area contributed by atoms with Crippen LogP contribution in [0.1, 0.15) is 5.56 Å². The van der Waals surface area contributed by atoms with E-state index in [1.165, 1.54) is 49.3 Å². The molecule has 10 rings (SSSR count). The third kappa shape index (κ3) is 4.24. The van der Waals surface area contributed by atoms with Gasteiger partial charge in [-0.2, -0.15) is 0 Å². The number of aryl methyl sites for hydroxylation is 1. The number of nitrogens with zero attached hydrogens (tertiary/aromatic N) is 4. The summed E-state index contributed by atoms with van der Waals surface area (Å²) >= 11 is 0. The summed E-state index contributed by atoms with van der Waals surface area (Å²) in [4.78, 5) is 10.6. The lowest BCUT2D eigenvalue weighted by Crippen LogP contribution is -2.03. The molecule has 10 aromatic rings. The van der Waals surface area contributed by atoms with E-state index < -0.39 is 0 Å². The van der Waals surface area contributed by atoms with E-state index >= 15 is 0 Å². The molecule has 0 saturated heterocycles. The summed E-state index contributed by atoms with van der Waals surface area (Å²) in [6, 6.07) is 58.2. The van der Waals surface area contributed by atoms with Crippen molar-refractivity contribution >= 4 is 54.5 Å². The molecule has 3 aromatic heterocycles. The highest BCUT2D eigenvalue weighted by Crippen LogP contribution is 2.42. The van der Waals surface area contributed by atoms with Crippen molar-refractivity contribution < 1.29 is 0 Å². The summed E-state index contributed by atoms with van der Waals surface area (Å²) in [5.41, 5.74) is 12.2. The molecule has 0 fully saturated rings. The van der Waals surface area contributed by atoms with Crippen LogP contribution >= 0.6 is 0 Å². The SMILES string of the molecule is Cc1ccc(-n2c3ccccc3c3c4c5ccccc5n(-c5nc(-c6ccc(-c7ccccc7)cc6)c6ccccc6n5)c4ccc32)cc1. The zero-order valence-electron chi connectivity index (χ0n) is 26.9. The van der Waals surface area contributed by atoms with Crippen LogP contribution in [0.15, 0.2) is 164 Å². The first-order chi connectivity index (χ1) is 24.2. The lowest BCUT2D eigenvalue weighted by atomic mass is 10.0. The van der Waals surface area contributed by atoms with E-state index in [1.807, 2.05) is 6.07 Å². The van der Waals surface area contributed by atoms with Gasteiger partial charge in [-0.15, -0.1) is 0 Å². The molecule has 0 aliphatic heterocycles. The quantitative estimate of drug-likeness (QED) is 0.195. The molecule has 7 aromatic carbocycles. The van der Waals surface area contributed by atoms with E-state index in [-0.39, 0.29) is 0 Å². The summed E-state index contributed by atoms with van der Waals surface area (Å²) < 4.78 is 4.63. The van der Waals surface area contributed by atoms with Crippen molar-refractivity contribution in [2.75, 3.05) is 0 Å². The highest BCUT2D eigenvalue weighted by Gasteiger charge is 2.22. The molecule has 0 saturated carbocycles. The number of hydrogen-bond donors (Lipinski definition) is 0. The van der Waals surface area contributed by atoms with Gasteiger partial charge in [0, 0.05) is 38.2 Å². The van der Waals surface area contributed by atoms with Crippen LogP contribution in [0.4, 0.5) is 0 Å². The summed E-state index contributed by atoms with van der Waals surface area (Å²) in [6.07, 6.45) is 0. The first kappa shape index (κ1) is 27.6. The minimum absolute atomic E-state index is 0.661. The van der Waals surface area contributed by atoms with Gasteiger partial charge in [0.2, 0.25) is 5.95 Å². The standard InChI is InChI=1S/C45H30N4/c1-29-19-25-33(26-20-29)48-38-17-9-6-14-35(38)42-40(48)27-28-41-43(42)36-15-7-10-18-39(36)49(41)45-46-37-16-8-5-13-34(37)44(47-45)32-23-21-31(22-24-32)30-11-3-2-4-12-30/h2-28H,1H3. The number of fused-ring (bicyclic) bond motifs is 8. The zero-order valence-corrected chi connectivity index (χ0v) is 26.9. The Morgan fingerprint density at radius 2 is 0.918 bits per heavy atom. The molecule has 0 unspecified atom stereocenters. The molecule has 0 bridgehead atoms. The third-order valence-electron chi connectivity index (χ3n) is 9.82. The predicted molar refractivity (Wildman–Crippen MR) is 204 cm³/mol. The highest BCUT2D eigenvalue weighted by atomic mass is 15.2. The van der Waals surface area contributed by atoms with Crippen LogP contribution in [0, 0.1) is 6.92 Å². The third-order valence-corrected chi connectivity index (χ3v) is 9.82. The summed E-state index contributed by atoms with van der Waals surface area (Å²) in [5.74, 6) is 0.661. The Labute approximate surface area is 283 Å². The normalized spacial score (nSPS) is 11.8. The lowest BCUT2D eigenvalue weighted by molar-refractivity contribution is 1.01. The second kappa shape index (κ2) is 10.8. The number of hydrogen-bond acceptors (Lipinski definition) is 2. The molecule has 0 atom stereocenters. The van der Waals surface area contributed by atoms with Crippen molar-refractivity contribution in [3.05, 3.63) is 169 Å². The Hall–Kier alpha value is -6.52. The molecule has 230 valence electrons. The van der Waals surface area contributed by atoms with Crippen molar-refractivity contribution in [3.63, 3.8) is 0 Å². The monoisotopic (exact) mass is 626 g/mol. The molecular weight excluding hydrogens is 597 g/mol. The van der Waals surface area contributed by atoms with Crippen molar-refractivity contribution in [2.45, 2.75) is 6.92 Å². The molecule has 3 heterocycles. The fourth-order valence-corrected chi connectivity index (χ4v) is 7.54. The molecule has 0 amide bonds. The second-order valence-electron chi connectivity index (χ2n) is 12.7. The fraction of sp³-hybridized carbons (Fsp3) is 0.0222. The average molecular weight is 627 g/mol. The van der Waals surface area contributed by atoms with Gasteiger partial charge in [0.15, 0.2) is 0 Å². The van der Waals surface area contributed by atoms with Crippen LogP contribution in [0.5, 0.6) is 0 Å². The van der Waals surface area contributed by atoms with Crippen molar-refractivity contribution in [1.82, 2.24) is 19.1 Å². The maximum absolute atomic E-state index is 5.37. The van der Waals surface area contributed by atoms with Gasteiger partial charge >= 0.3 is 0 Å². The Morgan fingerprint density at radius 1 is 0.388 bits per heavy atom. The summed E-state index contributed by atoms with van der Waals surface area (Å²) in [7, 11) is 0. The van der Waals surface area contributed by atoms with E-state index in [2.05, 4.69) is 174 Å². The minimum atomic E-state index is 0.661. The van der Waals surface area contributed by atoms with Crippen molar-refractivity contribution in [3.8, 4) is 34.0 Å². The van der Waals surface area contributed by atoms with Gasteiger partial charge in [-0.3, -0.25) is 4.57 Å². The molecule has 0 aliphatic carbocycles. The van der Waals surface area contributed by atoms with E-state index in [4.69, 9.17) is 9.97 Å². The van der Waals surface area contributed by atoms with E-state index in [9.17, 15) is 0 Å². The highest BCUT2D eigenvalue weighted by molar-refractivity contribution is 6.28. The first-order valence-electron chi connectivity index (χ1n) is 16.7. The molecule has 4 nitrogen and oxygen atoms in total. The fourth-order valence-electron chi connectivity index (χ4n) is 7.54. The molecule has 0 radical (unpaired) electrons. The van der Waals surface area contributed by atoms with Gasteiger partial charge in [0.05, 0.1) is 33.3 Å². The van der Waals surface area contributed by atoms with E-state index in [0.717, 1.165) is 38.9 Å². The van der Waals surface area contributed by atoms with Gasteiger partial charge in [-0.1, -0.05) is 127 Å². The molecular formula is C45H30N4. The van der Waals surface area contributed by atoms with Gasteiger partial charge in [0.25, 0.3) is 0 Å². The molecule has 0 N–H and O–H groups in total.